The quantitative estimate of drug-likeness (QED) is 0.729. The van der Waals surface area contributed by atoms with Gasteiger partial charge in [-0.2, -0.15) is 0 Å². The van der Waals surface area contributed by atoms with Gasteiger partial charge >= 0.3 is 0 Å². The molecule has 0 amide bonds. The first-order chi connectivity index (χ1) is 6.25. The van der Waals surface area contributed by atoms with E-state index in [9.17, 15) is 4.39 Å². The van der Waals surface area contributed by atoms with Gasteiger partial charge in [-0.1, -0.05) is 11.6 Å². The molecule has 2 aromatic rings. The maximum absolute atomic E-state index is 12.5. The van der Waals surface area contributed by atoms with Gasteiger partial charge in [-0.15, -0.1) is 11.3 Å². The molecule has 2 aromatic heterocycles. The highest BCUT2D eigenvalue weighted by atomic mass is 35.5. The van der Waals surface area contributed by atoms with E-state index in [2.05, 4.69) is 9.97 Å². The second-order valence-electron chi connectivity index (χ2n) is 2.33. The summed E-state index contributed by atoms with van der Waals surface area (Å²) in [6, 6.07) is 3.56. The third-order valence-electron chi connectivity index (χ3n) is 1.41. The molecule has 0 aliphatic carbocycles. The molecule has 0 aliphatic rings. The van der Waals surface area contributed by atoms with E-state index in [1.165, 1.54) is 11.3 Å². The molecule has 0 radical (unpaired) electrons. The summed E-state index contributed by atoms with van der Waals surface area (Å²) in [7, 11) is 0. The fourth-order valence-corrected chi connectivity index (χ4v) is 1.87. The van der Waals surface area contributed by atoms with Gasteiger partial charge in [0, 0.05) is 0 Å². The van der Waals surface area contributed by atoms with E-state index >= 15 is 0 Å². The smallest absolute Gasteiger partial charge is 0.169 e. The van der Waals surface area contributed by atoms with Crippen LogP contribution in [0.4, 0.5) is 4.39 Å². The number of nitrogens with zero attached hydrogens (tertiary/aromatic N) is 2. The van der Waals surface area contributed by atoms with Crippen molar-refractivity contribution in [2.75, 3.05) is 0 Å². The molecule has 5 heteroatoms. The van der Waals surface area contributed by atoms with Crippen molar-refractivity contribution in [3.8, 4) is 10.7 Å². The van der Waals surface area contributed by atoms with Crippen LogP contribution in [0, 0.1) is 5.82 Å². The zero-order valence-electron chi connectivity index (χ0n) is 6.37. The fraction of sp³-hybridized carbons (Fsp3) is 0. The average molecular weight is 215 g/mol. The van der Waals surface area contributed by atoms with Crippen LogP contribution in [0.25, 0.3) is 10.7 Å². The van der Waals surface area contributed by atoms with Gasteiger partial charge in [-0.25, -0.2) is 14.4 Å². The Bertz CT molecular complexity index is 412. The molecule has 66 valence electrons. The Hall–Kier alpha value is -1.00. The molecule has 2 nitrogen and oxygen atoms in total. The third-order valence-corrected chi connectivity index (χ3v) is 2.64. The Labute approximate surface area is 83.0 Å². The standard InChI is InChI=1S/C8H4ClFN2S/c9-7-2-1-6(13-7)8-11-3-5(10)4-12-8/h1-4H. The normalized spacial score (nSPS) is 10.3. The van der Waals surface area contributed by atoms with Gasteiger partial charge in [0.2, 0.25) is 0 Å². The average Bonchev–Trinajstić information content (AvgIpc) is 2.53. The first kappa shape index (κ1) is 8.59. The molecular weight excluding hydrogens is 211 g/mol. The van der Waals surface area contributed by atoms with E-state index in [-0.39, 0.29) is 0 Å². The summed E-state index contributed by atoms with van der Waals surface area (Å²) in [5.74, 6) is 0.0599. The van der Waals surface area contributed by atoms with Crippen molar-refractivity contribution >= 4 is 22.9 Å². The largest absolute Gasteiger partial charge is 0.233 e. The number of hydrogen-bond acceptors (Lipinski definition) is 3. The molecule has 0 spiro atoms. The molecule has 0 fully saturated rings. The van der Waals surface area contributed by atoms with Crippen LogP contribution < -0.4 is 0 Å². The monoisotopic (exact) mass is 214 g/mol. The lowest BCUT2D eigenvalue weighted by atomic mass is 10.4. The predicted molar refractivity (Wildman–Crippen MR) is 50.3 cm³/mol. The van der Waals surface area contributed by atoms with Crippen LogP contribution in [-0.2, 0) is 0 Å². The summed E-state index contributed by atoms with van der Waals surface area (Å²) < 4.78 is 13.1. The Morgan fingerprint density at radius 1 is 1.23 bits per heavy atom. The zero-order valence-corrected chi connectivity index (χ0v) is 7.94. The first-order valence-corrected chi connectivity index (χ1v) is 4.68. The molecule has 0 aliphatic heterocycles. The van der Waals surface area contributed by atoms with Crippen molar-refractivity contribution < 1.29 is 4.39 Å². The van der Waals surface area contributed by atoms with E-state index in [0.717, 1.165) is 17.3 Å². The number of rotatable bonds is 1. The maximum Gasteiger partial charge on any atom is 0.169 e. The molecule has 13 heavy (non-hydrogen) atoms. The molecule has 2 heterocycles. The summed E-state index contributed by atoms with van der Waals surface area (Å²) >= 11 is 7.10. The minimum Gasteiger partial charge on any atom is -0.233 e. The van der Waals surface area contributed by atoms with Gasteiger partial charge in [0.25, 0.3) is 0 Å². The van der Waals surface area contributed by atoms with Crippen LogP contribution in [0.15, 0.2) is 24.5 Å². The van der Waals surface area contributed by atoms with Gasteiger partial charge in [0.1, 0.15) is 0 Å². The summed E-state index contributed by atoms with van der Waals surface area (Å²) in [6.07, 6.45) is 2.27. The molecule has 0 saturated carbocycles. The summed E-state index contributed by atoms with van der Waals surface area (Å²) in [4.78, 5) is 8.49. The van der Waals surface area contributed by atoms with Crippen molar-refractivity contribution in [3.05, 3.63) is 34.7 Å². The van der Waals surface area contributed by atoms with E-state index in [1.54, 1.807) is 12.1 Å². The minimum atomic E-state index is -0.439. The van der Waals surface area contributed by atoms with Crippen molar-refractivity contribution in [1.29, 1.82) is 0 Å². The van der Waals surface area contributed by atoms with Crippen molar-refractivity contribution in [2.45, 2.75) is 0 Å². The molecular formula is C8H4ClFN2S. The number of hydrogen-bond donors (Lipinski definition) is 0. The van der Waals surface area contributed by atoms with Crippen molar-refractivity contribution in [2.24, 2.45) is 0 Å². The first-order valence-electron chi connectivity index (χ1n) is 3.49. The SMILES string of the molecule is Fc1cnc(-c2ccc(Cl)s2)nc1. The van der Waals surface area contributed by atoms with Crippen molar-refractivity contribution in [3.63, 3.8) is 0 Å². The molecule has 0 saturated heterocycles. The van der Waals surface area contributed by atoms with E-state index in [1.807, 2.05) is 0 Å². The van der Waals surface area contributed by atoms with Crippen LogP contribution in [0.2, 0.25) is 4.34 Å². The van der Waals surface area contributed by atoms with Crippen LogP contribution in [-0.4, -0.2) is 9.97 Å². The number of aromatic nitrogens is 2. The van der Waals surface area contributed by atoms with Crippen LogP contribution >= 0.6 is 22.9 Å². The molecule has 0 N–H and O–H groups in total. The Balaban J connectivity index is 2.41. The number of halogens is 2. The van der Waals surface area contributed by atoms with Gasteiger partial charge in [0.05, 0.1) is 21.6 Å². The van der Waals surface area contributed by atoms with Gasteiger partial charge in [-0.3, -0.25) is 0 Å². The summed E-state index contributed by atoms with van der Waals surface area (Å²) in [6.45, 7) is 0. The van der Waals surface area contributed by atoms with E-state index in [4.69, 9.17) is 11.6 Å². The third kappa shape index (κ3) is 1.84. The molecule has 0 bridgehead atoms. The second-order valence-corrected chi connectivity index (χ2v) is 4.04. The van der Waals surface area contributed by atoms with E-state index < -0.39 is 5.82 Å². The second kappa shape index (κ2) is 3.40. The minimum absolute atomic E-state index is 0.439. The van der Waals surface area contributed by atoms with Gasteiger partial charge in [0.15, 0.2) is 11.6 Å². The van der Waals surface area contributed by atoms with Crippen molar-refractivity contribution in [1.82, 2.24) is 9.97 Å². The van der Waals surface area contributed by atoms with Crippen LogP contribution in [0.5, 0.6) is 0 Å². The Morgan fingerprint density at radius 2 is 1.92 bits per heavy atom. The molecule has 0 atom stereocenters. The highest BCUT2D eigenvalue weighted by Crippen LogP contribution is 2.28. The topological polar surface area (TPSA) is 25.8 Å². The molecule has 2 rings (SSSR count). The van der Waals surface area contributed by atoms with Crippen LogP contribution in [0.1, 0.15) is 0 Å². The highest BCUT2D eigenvalue weighted by molar-refractivity contribution is 7.19. The lowest BCUT2D eigenvalue weighted by molar-refractivity contribution is 0.614. The maximum atomic E-state index is 12.5. The fourth-order valence-electron chi connectivity index (χ4n) is 0.874. The summed E-state index contributed by atoms with van der Waals surface area (Å²) in [5, 5.41) is 0. The Kier molecular flexibility index (Phi) is 2.24. The molecule has 0 aromatic carbocycles. The zero-order chi connectivity index (χ0) is 9.26. The predicted octanol–water partition coefficient (Wildman–Crippen LogP) is 3.00. The lowest BCUT2D eigenvalue weighted by Gasteiger charge is -1.92. The van der Waals surface area contributed by atoms with Gasteiger partial charge in [-0.05, 0) is 12.1 Å². The van der Waals surface area contributed by atoms with E-state index in [0.29, 0.717) is 10.2 Å². The van der Waals surface area contributed by atoms with Crippen LogP contribution in [0.3, 0.4) is 0 Å². The highest BCUT2D eigenvalue weighted by Gasteiger charge is 2.03. The van der Waals surface area contributed by atoms with Gasteiger partial charge < -0.3 is 0 Å². The lowest BCUT2D eigenvalue weighted by Crippen LogP contribution is -1.86. The molecule has 0 unspecified atom stereocenters. The Morgan fingerprint density at radius 3 is 2.46 bits per heavy atom. The number of thiophene rings is 1. The summed E-state index contributed by atoms with van der Waals surface area (Å²) in [5.41, 5.74) is 0.